The van der Waals surface area contributed by atoms with E-state index in [2.05, 4.69) is 53.5 Å². The smallest absolute Gasteiger partial charge is 0.191 e. The van der Waals surface area contributed by atoms with E-state index in [9.17, 15) is 0 Å². The first-order chi connectivity index (χ1) is 12.6. The van der Waals surface area contributed by atoms with Gasteiger partial charge in [-0.15, -0.1) is 11.3 Å². The average Bonchev–Trinajstić information content (AvgIpc) is 2.97. The minimum Gasteiger partial charge on any atom is -0.374 e. The van der Waals surface area contributed by atoms with Gasteiger partial charge in [-0.3, -0.25) is 0 Å². The van der Waals surface area contributed by atoms with Gasteiger partial charge in [0.1, 0.15) is 5.01 Å². The topological polar surface area (TPSA) is 58.5 Å². The zero-order valence-electron chi connectivity index (χ0n) is 16.2. The Kier molecular flexibility index (Phi) is 8.58. The normalized spacial score (nSPS) is 12.8. The molecule has 0 radical (unpaired) electrons. The van der Waals surface area contributed by atoms with Crippen molar-refractivity contribution in [3.8, 4) is 0 Å². The van der Waals surface area contributed by atoms with Crippen LogP contribution in [0.5, 0.6) is 0 Å². The lowest BCUT2D eigenvalue weighted by Gasteiger charge is -2.14. The summed E-state index contributed by atoms with van der Waals surface area (Å²) in [6.45, 7) is 11.3. The molecule has 0 aliphatic carbocycles. The summed E-state index contributed by atoms with van der Waals surface area (Å²) in [5, 5.41) is 7.69. The fraction of sp³-hybridized carbons (Fsp3) is 0.500. The molecular formula is C20H30N4OS. The SMILES string of the molecule is CCNC(=NCc1nc(C)c(C)s1)NCCCOC(C)c1ccccc1. The number of thiazole rings is 1. The maximum absolute atomic E-state index is 5.91. The number of guanidine groups is 1. The van der Waals surface area contributed by atoms with Gasteiger partial charge in [-0.2, -0.15) is 0 Å². The van der Waals surface area contributed by atoms with Crippen LogP contribution in [-0.4, -0.2) is 30.6 Å². The fourth-order valence-electron chi connectivity index (χ4n) is 2.45. The molecule has 0 aliphatic heterocycles. The third kappa shape index (κ3) is 6.77. The van der Waals surface area contributed by atoms with Crippen molar-refractivity contribution in [1.82, 2.24) is 15.6 Å². The van der Waals surface area contributed by atoms with Crippen LogP contribution >= 0.6 is 11.3 Å². The Labute approximate surface area is 160 Å². The molecule has 5 nitrogen and oxygen atoms in total. The van der Waals surface area contributed by atoms with Crippen molar-refractivity contribution >= 4 is 17.3 Å². The van der Waals surface area contributed by atoms with Crippen molar-refractivity contribution < 1.29 is 4.74 Å². The molecule has 1 aromatic heterocycles. The highest BCUT2D eigenvalue weighted by Gasteiger charge is 2.05. The van der Waals surface area contributed by atoms with Crippen molar-refractivity contribution in [3.05, 3.63) is 51.5 Å². The van der Waals surface area contributed by atoms with E-state index in [1.54, 1.807) is 11.3 Å². The molecule has 1 heterocycles. The van der Waals surface area contributed by atoms with E-state index in [-0.39, 0.29) is 6.10 Å². The second-order valence-electron chi connectivity index (χ2n) is 6.15. The maximum Gasteiger partial charge on any atom is 0.191 e. The van der Waals surface area contributed by atoms with E-state index in [1.165, 1.54) is 10.4 Å². The molecule has 2 rings (SSSR count). The number of hydrogen-bond donors (Lipinski definition) is 2. The molecule has 26 heavy (non-hydrogen) atoms. The Bertz CT molecular complexity index is 665. The van der Waals surface area contributed by atoms with Crippen LogP contribution in [-0.2, 0) is 11.3 Å². The van der Waals surface area contributed by atoms with Gasteiger partial charge in [0.15, 0.2) is 5.96 Å². The largest absolute Gasteiger partial charge is 0.374 e. The van der Waals surface area contributed by atoms with Gasteiger partial charge in [0.05, 0.1) is 18.3 Å². The number of nitrogens with zero attached hydrogens (tertiary/aromatic N) is 2. The van der Waals surface area contributed by atoms with Gasteiger partial charge in [0.2, 0.25) is 0 Å². The summed E-state index contributed by atoms with van der Waals surface area (Å²) >= 11 is 1.71. The van der Waals surface area contributed by atoms with Crippen molar-refractivity contribution in [2.45, 2.75) is 46.8 Å². The third-order valence-electron chi connectivity index (χ3n) is 4.04. The molecule has 0 fully saturated rings. The third-order valence-corrected chi connectivity index (χ3v) is 5.10. The van der Waals surface area contributed by atoms with Crippen LogP contribution in [0.25, 0.3) is 0 Å². The van der Waals surface area contributed by atoms with E-state index in [0.717, 1.165) is 36.2 Å². The molecule has 0 spiro atoms. The van der Waals surface area contributed by atoms with Gasteiger partial charge in [-0.25, -0.2) is 9.98 Å². The summed E-state index contributed by atoms with van der Waals surface area (Å²) in [7, 11) is 0. The first kappa shape index (κ1) is 20.4. The van der Waals surface area contributed by atoms with E-state index >= 15 is 0 Å². The number of ether oxygens (including phenoxy) is 1. The monoisotopic (exact) mass is 374 g/mol. The Morgan fingerprint density at radius 1 is 1.23 bits per heavy atom. The first-order valence-electron chi connectivity index (χ1n) is 9.21. The number of aryl methyl sites for hydroxylation is 2. The van der Waals surface area contributed by atoms with Gasteiger partial charge in [0.25, 0.3) is 0 Å². The highest BCUT2D eigenvalue weighted by molar-refractivity contribution is 7.11. The molecule has 0 aliphatic rings. The van der Waals surface area contributed by atoms with Gasteiger partial charge < -0.3 is 15.4 Å². The van der Waals surface area contributed by atoms with Crippen molar-refractivity contribution in [1.29, 1.82) is 0 Å². The lowest BCUT2D eigenvalue weighted by Crippen LogP contribution is -2.38. The Morgan fingerprint density at radius 2 is 2.00 bits per heavy atom. The molecule has 1 unspecified atom stereocenters. The molecule has 2 N–H and O–H groups in total. The Morgan fingerprint density at radius 3 is 2.65 bits per heavy atom. The number of benzene rings is 1. The molecule has 2 aromatic rings. The highest BCUT2D eigenvalue weighted by atomic mass is 32.1. The van der Waals surface area contributed by atoms with Crippen molar-refractivity contribution in [3.63, 3.8) is 0 Å². The summed E-state index contributed by atoms with van der Waals surface area (Å²) in [5.74, 6) is 0.828. The molecule has 142 valence electrons. The summed E-state index contributed by atoms with van der Waals surface area (Å²) < 4.78 is 5.91. The molecule has 0 saturated carbocycles. The zero-order valence-corrected chi connectivity index (χ0v) is 17.0. The second-order valence-corrected chi connectivity index (χ2v) is 7.44. The average molecular weight is 375 g/mol. The minimum absolute atomic E-state index is 0.120. The number of aromatic nitrogens is 1. The van der Waals surface area contributed by atoms with Gasteiger partial charge in [0, 0.05) is 24.6 Å². The van der Waals surface area contributed by atoms with Crippen LogP contribution in [0.2, 0.25) is 0 Å². The summed E-state index contributed by atoms with van der Waals surface area (Å²) in [5.41, 5.74) is 2.31. The Hall–Kier alpha value is -1.92. The minimum atomic E-state index is 0.120. The Balaban J connectivity index is 1.71. The highest BCUT2D eigenvalue weighted by Crippen LogP contribution is 2.17. The number of aliphatic imine (C=N–C) groups is 1. The van der Waals surface area contributed by atoms with Crippen LogP contribution < -0.4 is 10.6 Å². The zero-order chi connectivity index (χ0) is 18.8. The van der Waals surface area contributed by atoms with E-state index in [4.69, 9.17) is 4.74 Å². The van der Waals surface area contributed by atoms with Gasteiger partial charge in [-0.05, 0) is 39.7 Å². The molecule has 0 bridgehead atoms. The van der Waals surface area contributed by atoms with E-state index in [1.807, 2.05) is 25.1 Å². The van der Waals surface area contributed by atoms with E-state index < -0.39 is 0 Å². The predicted molar refractivity (Wildman–Crippen MR) is 110 cm³/mol. The molecule has 1 atom stereocenters. The van der Waals surface area contributed by atoms with E-state index in [0.29, 0.717) is 13.2 Å². The van der Waals surface area contributed by atoms with Crippen LogP contribution in [0, 0.1) is 13.8 Å². The summed E-state index contributed by atoms with van der Waals surface area (Å²) in [6.07, 6.45) is 1.05. The fourth-order valence-corrected chi connectivity index (χ4v) is 3.31. The van der Waals surface area contributed by atoms with Crippen molar-refractivity contribution in [2.24, 2.45) is 4.99 Å². The maximum atomic E-state index is 5.91. The molecule has 0 saturated heterocycles. The quantitative estimate of drug-likeness (QED) is 0.396. The molecule has 1 aromatic carbocycles. The number of hydrogen-bond acceptors (Lipinski definition) is 4. The van der Waals surface area contributed by atoms with Crippen LogP contribution in [0.15, 0.2) is 35.3 Å². The number of nitrogens with one attached hydrogen (secondary N) is 2. The molecule has 0 amide bonds. The summed E-state index contributed by atoms with van der Waals surface area (Å²) in [6, 6.07) is 10.3. The summed E-state index contributed by atoms with van der Waals surface area (Å²) in [4.78, 5) is 10.4. The lowest BCUT2D eigenvalue weighted by molar-refractivity contribution is 0.0646. The number of rotatable bonds is 9. The van der Waals surface area contributed by atoms with Crippen LogP contribution in [0.4, 0.5) is 0 Å². The van der Waals surface area contributed by atoms with Crippen LogP contribution in [0.3, 0.4) is 0 Å². The molecular weight excluding hydrogens is 344 g/mol. The standard InChI is InChI=1S/C20H30N4OS/c1-5-21-20(23-14-19-24-15(2)17(4)26-19)22-12-9-13-25-16(3)18-10-7-6-8-11-18/h6-8,10-11,16H,5,9,12-14H2,1-4H3,(H2,21,22,23). The van der Waals surface area contributed by atoms with Gasteiger partial charge >= 0.3 is 0 Å². The predicted octanol–water partition coefficient (Wildman–Crippen LogP) is 3.98. The first-order valence-corrected chi connectivity index (χ1v) is 10.0. The lowest BCUT2D eigenvalue weighted by atomic mass is 10.1. The van der Waals surface area contributed by atoms with Crippen LogP contribution in [0.1, 0.15) is 47.5 Å². The van der Waals surface area contributed by atoms with Gasteiger partial charge in [-0.1, -0.05) is 30.3 Å². The van der Waals surface area contributed by atoms with Crippen molar-refractivity contribution in [2.75, 3.05) is 19.7 Å². The molecule has 6 heteroatoms. The second kappa shape index (κ2) is 10.9.